The minimum atomic E-state index is -0.722. The molecule has 1 aliphatic heterocycles. The smallest absolute Gasteiger partial charge is 0.435 e. The number of carbonyl (C=O) groups is 2. The highest BCUT2D eigenvalue weighted by Gasteiger charge is 2.21. The van der Waals surface area contributed by atoms with Crippen LogP contribution in [0.3, 0.4) is 0 Å². The highest BCUT2D eigenvalue weighted by atomic mass is 16.5. The molecule has 2 aromatic rings. The first-order chi connectivity index (χ1) is 13.6. The third-order valence-electron chi connectivity index (χ3n) is 4.78. The monoisotopic (exact) mass is 379 g/mol. The Morgan fingerprint density at radius 2 is 1.82 bits per heavy atom. The average molecular weight is 379 g/mol. The zero-order chi connectivity index (χ0) is 19.8. The largest absolute Gasteiger partial charge is 0.443 e. The van der Waals surface area contributed by atoms with Gasteiger partial charge in [0.2, 0.25) is 0 Å². The molecule has 28 heavy (non-hydrogen) atoms. The second-order valence-electron chi connectivity index (χ2n) is 6.85. The highest BCUT2D eigenvalue weighted by Crippen LogP contribution is 2.12. The molecule has 0 bridgehead atoms. The van der Waals surface area contributed by atoms with Crippen LogP contribution in [0.2, 0.25) is 0 Å². The second kappa shape index (κ2) is 9.80. The van der Waals surface area contributed by atoms with Crippen molar-refractivity contribution in [1.82, 2.24) is 5.32 Å². The van der Waals surface area contributed by atoms with E-state index < -0.39 is 6.09 Å². The highest BCUT2D eigenvalue weighted by molar-refractivity contribution is 6.02. The Morgan fingerprint density at radius 3 is 2.50 bits per heavy atom. The van der Waals surface area contributed by atoms with Crippen LogP contribution in [0, 0.1) is 0 Å². The zero-order valence-electron chi connectivity index (χ0n) is 15.8. The minimum Gasteiger partial charge on any atom is -0.443 e. The molecule has 0 spiro atoms. The van der Waals surface area contributed by atoms with Gasteiger partial charge in [-0.15, -0.1) is 0 Å². The summed E-state index contributed by atoms with van der Waals surface area (Å²) in [6, 6.07) is 16.8. The van der Waals surface area contributed by atoms with Crippen molar-refractivity contribution in [2.24, 2.45) is 10.7 Å². The fourth-order valence-electron chi connectivity index (χ4n) is 3.16. The van der Waals surface area contributed by atoms with Gasteiger partial charge in [0, 0.05) is 12.0 Å². The van der Waals surface area contributed by atoms with Crippen molar-refractivity contribution in [2.45, 2.75) is 38.3 Å². The van der Waals surface area contributed by atoms with E-state index >= 15 is 0 Å². The van der Waals surface area contributed by atoms with Crippen molar-refractivity contribution in [3.63, 3.8) is 0 Å². The second-order valence-corrected chi connectivity index (χ2v) is 6.85. The summed E-state index contributed by atoms with van der Waals surface area (Å²) in [6.07, 6.45) is 2.49. The van der Waals surface area contributed by atoms with Gasteiger partial charge in [-0.1, -0.05) is 54.6 Å². The Bertz CT molecular complexity index is 826. The van der Waals surface area contributed by atoms with Crippen molar-refractivity contribution < 1.29 is 14.3 Å². The molecule has 0 aromatic heterocycles. The van der Waals surface area contributed by atoms with E-state index in [9.17, 15) is 9.59 Å². The Hall–Kier alpha value is -2.99. The van der Waals surface area contributed by atoms with Crippen LogP contribution in [0.5, 0.6) is 0 Å². The molecule has 2 aromatic carbocycles. The molecule has 6 nitrogen and oxygen atoms in total. The van der Waals surface area contributed by atoms with E-state index in [0.29, 0.717) is 18.4 Å². The van der Waals surface area contributed by atoms with Crippen LogP contribution in [0.4, 0.5) is 4.79 Å². The number of hydrogen-bond acceptors (Lipinski definition) is 4. The van der Waals surface area contributed by atoms with Gasteiger partial charge in [0.25, 0.3) is 0 Å². The normalized spacial score (nSPS) is 16.7. The Balaban J connectivity index is 1.49. The number of benzene rings is 2. The zero-order valence-corrected chi connectivity index (χ0v) is 15.8. The number of nitrogens with one attached hydrogen (secondary N) is 1. The van der Waals surface area contributed by atoms with E-state index in [1.54, 1.807) is 12.1 Å². The van der Waals surface area contributed by atoms with Gasteiger partial charge in [-0.3, -0.25) is 4.79 Å². The molecule has 1 saturated heterocycles. The number of rotatable bonds is 7. The summed E-state index contributed by atoms with van der Waals surface area (Å²) < 4.78 is 5.11. The maximum absolute atomic E-state index is 12.1. The van der Waals surface area contributed by atoms with Gasteiger partial charge >= 0.3 is 6.09 Å². The third-order valence-corrected chi connectivity index (χ3v) is 4.78. The van der Waals surface area contributed by atoms with Crippen molar-refractivity contribution in [1.29, 1.82) is 0 Å². The van der Waals surface area contributed by atoms with Gasteiger partial charge < -0.3 is 15.8 Å². The van der Waals surface area contributed by atoms with Crippen LogP contribution in [-0.4, -0.2) is 30.3 Å². The van der Waals surface area contributed by atoms with Crippen LogP contribution >= 0.6 is 0 Å². The summed E-state index contributed by atoms with van der Waals surface area (Å²) in [7, 11) is 0. The van der Waals surface area contributed by atoms with Gasteiger partial charge in [-0.2, -0.15) is 4.99 Å². The van der Waals surface area contributed by atoms with Gasteiger partial charge in [0.05, 0.1) is 6.04 Å². The van der Waals surface area contributed by atoms with E-state index in [4.69, 9.17) is 10.5 Å². The first-order valence-corrected chi connectivity index (χ1v) is 9.52. The number of amides is 1. The fourth-order valence-corrected chi connectivity index (χ4v) is 3.16. The molecule has 0 radical (unpaired) electrons. The molecule has 0 unspecified atom stereocenters. The van der Waals surface area contributed by atoms with E-state index in [0.717, 1.165) is 30.5 Å². The number of Topliss-reactive ketones (excluding diaryl/α,β-unsaturated/α-hetero) is 1. The first-order valence-electron chi connectivity index (χ1n) is 9.52. The molecule has 0 aliphatic carbocycles. The molecule has 0 saturated carbocycles. The third kappa shape index (κ3) is 5.76. The standard InChI is InChI=1S/C22H25N3O3/c23-21(25-22(27)28-15-17-5-2-1-3-6-17)18-11-8-16(9-12-18)10-13-20(26)19-7-4-14-24-19/h1-3,5-6,8-9,11-12,19,24H,4,7,10,13-15H2,(H2,23,25,27)/t19-/m0/s1. The average Bonchev–Trinajstić information content (AvgIpc) is 3.26. The predicted octanol–water partition coefficient (Wildman–Crippen LogP) is 2.98. The van der Waals surface area contributed by atoms with E-state index in [1.807, 2.05) is 42.5 Å². The van der Waals surface area contributed by atoms with Gasteiger partial charge in [0.15, 0.2) is 0 Å². The van der Waals surface area contributed by atoms with Crippen LogP contribution in [0.25, 0.3) is 0 Å². The summed E-state index contributed by atoms with van der Waals surface area (Å²) >= 11 is 0. The SMILES string of the molecule is NC(=NC(=O)OCc1ccccc1)c1ccc(CCC(=O)[C@@H]2CCCN2)cc1. The molecule has 6 heteroatoms. The summed E-state index contributed by atoms with van der Waals surface area (Å²) in [5.41, 5.74) is 8.49. The molecular weight excluding hydrogens is 354 g/mol. The molecule has 3 N–H and O–H groups in total. The van der Waals surface area contributed by atoms with Gasteiger partial charge in [0.1, 0.15) is 18.2 Å². The predicted molar refractivity (Wildman–Crippen MR) is 108 cm³/mol. The molecule has 1 amide bonds. The van der Waals surface area contributed by atoms with E-state index in [1.165, 1.54) is 0 Å². The number of amidine groups is 1. The number of nitrogens with zero attached hydrogens (tertiary/aromatic N) is 1. The number of aliphatic imine (C=N–C) groups is 1. The number of ketones is 1. The fraction of sp³-hybridized carbons (Fsp3) is 0.318. The molecule has 1 heterocycles. The van der Waals surface area contributed by atoms with Crippen molar-refractivity contribution in [2.75, 3.05) is 6.54 Å². The van der Waals surface area contributed by atoms with Crippen molar-refractivity contribution >= 4 is 17.7 Å². The molecule has 1 atom stereocenters. The van der Waals surface area contributed by atoms with Crippen LogP contribution < -0.4 is 11.1 Å². The summed E-state index contributed by atoms with van der Waals surface area (Å²) in [5, 5.41) is 3.23. The van der Waals surface area contributed by atoms with Crippen molar-refractivity contribution in [3.05, 3.63) is 71.3 Å². The lowest BCUT2D eigenvalue weighted by Gasteiger charge is -2.09. The first kappa shape index (κ1) is 19.8. The number of nitrogens with two attached hydrogens (primary N) is 1. The maximum atomic E-state index is 12.1. The minimum absolute atomic E-state index is 0.0175. The lowest BCUT2D eigenvalue weighted by atomic mass is 10.0. The molecule has 3 rings (SSSR count). The lowest BCUT2D eigenvalue weighted by molar-refractivity contribution is -0.120. The molecule has 1 fully saturated rings. The lowest BCUT2D eigenvalue weighted by Crippen LogP contribution is -2.30. The Labute approximate surface area is 164 Å². The summed E-state index contributed by atoms with van der Waals surface area (Å²) in [6.45, 7) is 1.08. The van der Waals surface area contributed by atoms with E-state index in [2.05, 4.69) is 10.3 Å². The topological polar surface area (TPSA) is 93.8 Å². The van der Waals surface area contributed by atoms with Gasteiger partial charge in [-0.25, -0.2) is 4.79 Å². The molecule has 1 aliphatic rings. The molecule has 146 valence electrons. The number of aryl methyl sites for hydroxylation is 1. The summed E-state index contributed by atoms with van der Waals surface area (Å²) in [5.74, 6) is 0.375. The number of carbonyl (C=O) groups excluding carboxylic acids is 2. The van der Waals surface area contributed by atoms with Crippen LogP contribution in [0.1, 0.15) is 36.0 Å². The number of hydrogen-bond donors (Lipinski definition) is 2. The molecular formula is C22H25N3O3. The quantitative estimate of drug-likeness (QED) is 0.570. The van der Waals surface area contributed by atoms with Crippen LogP contribution in [-0.2, 0) is 22.6 Å². The summed E-state index contributed by atoms with van der Waals surface area (Å²) in [4.78, 5) is 27.8. The number of ether oxygens (including phenoxy) is 1. The van der Waals surface area contributed by atoms with Crippen molar-refractivity contribution in [3.8, 4) is 0 Å². The maximum Gasteiger partial charge on any atom is 0.435 e. The Kier molecular flexibility index (Phi) is 6.92. The van der Waals surface area contributed by atoms with Gasteiger partial charge in [-0.05, 0) is 36.9 Å². The Morgan fingerprint density at radius 1 is 1.07 bits per heavy atom. The van der Waals surface area contributed by atoms with Crippen LogP contribution in [0.15, 0.2) is 59.6 Å². The van der Waals surface area contributed by atoms with E-state index in [-0.39, 0.29) is 24.3 Å².